The highest BCUT2D eigenvalue weighted by molar-refractivity contribution is 9.10. The molecule has 0 bridgehead atoms. The van der Waals surface area contributed by atoms with E-state index in [2.05, 4.69) is 82.1 Å². The van der Waals surface area contributed by atoms with Crippen molar-refractivity contribution in [2.75, 3.05) is 16.4 Å². The summed E-state index contributed by atoms with van der Waals surface area (Å²) in [7, 11) is 0. The number of nitrogen functional groups attached to an aromatic ring is 1. The summed E-state index contributed by atoms with van der Waals surface area (Å²) in [5.74, 6) is -4.40. The average molecular weight is 1620 g/mol. The van der Waals surface area contributed by atoms with Gasteiger partial charge in [0.15, 0.2) is 40.9 Å². The van der Waals surface area contributed by atoms with E-state index in [0.717, 1.165) is 91.4 Å². The molecule has 0 aliphatic heterocycles. The van der Waals surface area contributed by atoms with E-state index in [1.54, 1.807) is 19.1 Å². The molecule has 0 unspecified atom stereocenters. The lowest BCUT2D eigenvalue weighted by Gasteiger charge is -2.09. The second kappa shape index (κ2) is 34.7. The fraction of sp³-hybridized carbons (Fsp3) is 0.172. The molecule has 0 fully saturated rings. The van der Waals surface area contributed by atoms with Crippen LogP contribution in [0.15, 0.2) is 163 Å². The van der Waals surface area contributed by atoms with Crippen LogP contribution in [0.25, 0.3) is 22.7 Å². The molecule has 0 saturated heterocycles. The van der Waals surface area contributed by atoms with Crippen molar-refractivity contribution in [1.29, 1.82) is 0 Å². The lowest BCUT2D eigenvalue weighted by molar-refractivity contribution is -0.389. The van der Waals surface area contributed by atoms with Crippen molar-refractivity contribution in [3.63, 3.8) is 0 Å². The predicted octanol–water partition coefficient (Wildman–Crippen LogP) is 16.8. The molecule has 1 amide bonds. The molecule has 0 atom stereocenters. The molecule has 10 aromatic heterocycles. The SMILES string of the molecule is Cc1cc(C(F)(F)F)n[nH]1.Cc1cc(C(F)(F)F)nn1-c1ccc(N)nc1.Cc1cc(C(F)(F)F)nn1-c1ccc(NC(=O)c2c(F)cccc2F)nc1.Cc1cc(C(F)(F)F)nn1-c1ccc(NCc2c(F)cccc2F)nc1.Cc1cc(C(F)(F)F)nn1-c1ccc([N+](=O)[O-])nc1.O=[N+]([O-])c1ccc(Br)cn1. The number of benzene rings is 2. The van der Waals surface area contributed by atoms with Crippen LogP contribution in [0, 0.1) is 78.1 Å². The van der Waals surface area contributed by atoms with Crippen LogP contribution >= 0.6 is 15.9 Å². The minimum absolute atomic E-state index is 0.0349. The topological polar surface area (TPSA) is 318 Å². The summed E-state index contributed by atoms with van der Waals surface area (Å²) in [6, 6.07) is 25.2. The maximum atomic E-state index is 13.6. The maximum Gasteiger partial charge on any atom is 0.435 e. The first-order chi connectivity index (χ1) is 50.8. The molecule has 2 aromatic carbocycles. The van der Waals surface area contributed by atoms with E-state index in [9.17, 15) is 108 Å². The number of aromatic amines is 1. The number of rotatable bonds is 11. The highest BCUT2D eigenvalue weighted by Gasteiger charge is 2.38. The van der Waals surface area contributed by atoms with Gasteiger partial charge in [0.25, 0.3) is 5.91 Å². The number of H-pyrrole nitrogens is 1. The normalized spacial score (nSPS) is 11.4. The first-order valence-electron chi connectivity index (χ1n) is 29.9. The number of alkyl halides is 15. The second-order valence-corrected chi connectivity index (χ2v) is 22.7. The van der Waals surface area contributed by atoms with Crippen molar-refractivity contribution in [3.05, 3.63) is 274 Å². The molecular weight excluding hydrogens is 1570 g/mol. The van der Waals surface area contributed by atoms with Gasteiger partial charge in [-0.05, 0) is 173 Å². The van der Waals surface area contributed by atoms with E-state index in [0.29, 0.717) is 40.1 Å². The molecule has 12 rings (SSSR count). The number of nitrogens with one attached hydrogen (secondary N) is 3. The molecular formula is C64H48BrF19N20O5. The largest absolute Gasteiger partial charge is 0.435 e. The van der Waals surface area contributed by atoms with Crippen LogP contribution in [-0.4, -0.2) is 90.0 Å². The van der Waals surface area contributed by atoms with E-state index in [1.165, 1.54) is 106 Å². The third-order valence-corrected chi connectivity index (χ3v) is 14.2. The van der Waals surface area contributed by atoms with Gasteiger partial charge in [-0.2, -0.15) is 91.3 Å². The molecule has 0 aliphatic carbocycles. The van der Waals surface area contributed by atoms with E-state index >= 15 is 0 Å². The number of nitro groups is 2. The Morgan fingerprint density at radius 2 is 0.807 bits per heavy atom. The number of aromatic nitrogens is 15. The van der Waals surface area contributed by atoms with Gasteiger partial charge in [0, 0.05) is 52.7 Å². The summed E-state index contributed by atoms with van der Waals surface area (Å²) in [6.07, 6.45) is -16.1. The second-order valence-electron chi connectivity index (χ2n) is 21.8. The van der Waals surface area contributed by atoms with E-state index in [1.807, 2.05) is 0 Å². The number of anilines is 3. The molecule has 0 aliphatic rings. The molecule has 0 saturated carbocycles. The van der Waals surface area contributed by atoms with Crippen LogP contribution in [0.5, 0.6) is 0 Å². The Morgan fingerprint density at radius 3 is 1.10 bits per heavy atom. The Labute approximate surface area is 606 Å². The fourth-order valence-corrected chi connectivity index (χ4v) is 8.88. The first kappa shape index (κ1) is 83.5. The highest BCUT2D eigenvalue weighted by atomic mass is 79.9. The monoisotopic (exact) mass is 1620 g/mol. The van der Waals surface area contributed by atoms with Gasteiger partial charge >= 0.3 is 42.5 Å². The van der Waals surface area contributed by atoms with Crippen molar-refractivity contribution in [1.82, 2.24) is 74.2 Å². The quantitative estimate of drug-likeness (QED) is 0.0531. The minimum Gasteiger partial charge on any atom is -0.384 e. The van der Waals surface area contributed by atoms with Gasteiger partial charge in [-0.15, -0.1) is 0 Å². The highest BCUT2D eigenvalue weighted by Crippen LogP contribution is 2.34. The summed E-state index contributed by atoms with van der Waals surface area (Å²) in [6.45, 7) is 7.32. The van der Waals surface area contributed by atoms with Crippen molar-refractivity contribution in [3.8, 4) is 22.7 Å². The molecule has 45 heteroatoms. The number of pyridine rings is 5. The average Bonchev–Trinajstić information content (AvgIpc) is 1.67. The molecule has 0 spiro atoms. The number of nitrogens with zero attached hydrogens (tertiary/aromatic N) is 16. The maximum absolute atomic E-state index is 13.6. The van der Waals surface area contributed by atoms with Crippen LogP contribution in [0.2, 0.25) is 0 Å². The number of carbonyl (C=O) groups excluding carboxylic acids is 1. The smallest absolute Gasteiger partial charge is 0.384 e. The Morgan fingerprint density at radius 1 is 0.459 bits per heavy atom. The van der Waals surface area contributed by atoms with Gasteiger partial charge in [0.05, 0.1) is 40.1 Å². The Kier molecular flexibility index (Phi) is 26.6. The predicted molar refractivity (Wildman–Crippen MR) is 350 cm³/mol. The zero-order chi connectivity index (χ0) is 80.8. The lowest BCUT2D eigenvalue weighted by Crippen LogP contribution is -2.16. The minimum atomic E-state index is -4.58. The standard InChI is InChI=1S/C17H11F5N4O.C17H13F5N4.C10H7F3N4O2.C10H9F3N4.C5H3BrN2O2.C5H5F3N2/c1-9-7-13(17(20,21)22)25-26(9)10-5-6-14(23-8-10)24-16(27)15-11(18)3-2-4-12(15)19;1-10-7-15(17(20,21)22)25-26(10)11-5-6-16(23-8-11)24-9-12-13(18)3-2-4-14(12)19;1-6-4-8(10(11,12)13)15-16(6)7-2-3-9(14-5-7)17(18)19;1-6-4-8(10(11,12)13)16-17(6)7-2-3-9(14)15-5-7;6-4-1-2-5(7-3-4)8(9)10;1-3-2-4(10-9-3)5(6,7)8/h2-8H,1H3,(H,23,24,27);2-8H,9H2,1H3,(H,23,24);2-5H,1H3;2-5H,1H3,(H2,14,15);1-3H;2H,1H3,(H,9,10). The zero-order valence-corrected chi connectivity index (χ0v) is 57.1. The number of carbonyl (C=O) groups is 1. The van der Waals surface area contributed by atoms with Crippen LogP contribution in [0.1, 0.15) is 72.9 Å². The number of amides is 1. The molecule has 0 radical (unpaired) electrons. The lowest BCUT2D eigenvalue weighted by atomic mass is 10.2. The number of hydrogen-bond donors (Lipinski definition) is 4. The van der Waals surface area contributed by atoms with Gasteiger partial charge in [-0.1, -0.05) is 12.1 Å². The summed E-state index contributed by atoms with van der Waals surface area (Å²) in [5.41, 5.74) is 2.43. The summed E-state index contributed by atoms with van der Waals surface area (Å²) in [4.78, 5) is 50.0. The third kappa shape index (κ3) is 23.1. The van der Waals surface area contributed by atoms with Crippen LogP contribution in [0.4, 0.5) is 113 Å². The summed E-state index contributed by atoms with van der Waals surface area (Å²) >= 11 is 3.11. The van der Waals surface area contributed by atoms with Gasteiger partial charge < -0.3 is 36.6 Å². The van der Waals surface area contributed by atoms with Crippen LogP contribution < -0.4 is 16.4 Å². The van der Waals surface area contributed by atoms with E-state index in [4.69, 9.17) is 5.73 Å². The van der Waals surface area contributed by atoms with Gasteiger partial charge in [-0.3, -0.25) is 9.89 Å². The molecule has 10 heterocycles. The van der Waals surface area contributed by atoms with Crippen LogP contribution in [0.3, 0.4) is 0 Å². The zero-order valence-electron chi connectivity index (χ0n) is 55.6. The Bertz CT molecular complexity index is 5060. The van der Waals surface area contributed by atoms with Crippen LogP contribution in [-0.2, 0) is 37.4 Å². The van der Waals surface area contributed by atoms with Gasteiger partial charge in [0.1, 0.15) is 52.0 Å². The van der Waals surface area contributed by atoms with Crippen molar-refractivity contribution in [2.24, 2.45) is 0 Å². The number of halogens is 20. The fourth-order valence-electron chi connectivity index (χ4n) is 8.65. The number of hydrogen-bond acceptors (Lipinski definition) is 17. The first-order valence-corrected chi connectivity index (χ1v) is 30.7. The van der Waals surface area contributed by atoms with Crippen molar-refractivity contribution < 1.29 is 98.1 Å². The molecule has 12 aromatic rings. The Balaban J connectivity index is 0.000000188. The number of nitrogens with two attached hydrogens (primary N) is 1. The molecule has 574 valence electrons. The van der Waals surface area contributed by atoms with Gasteiger partial charge in [-0.25, -0.2) is 51.2 Å². The van der Waals surface area contributed by atoms with E-state index < -0.39 is 104 Å². The molecule has 25 nitrogen and oxygen atoms in total. The summed E-state index contributed by atoms with van der Waals surface area (Å²) < 4.78 is 246. The molecule has 109 heavy (non-hydrogen) atoms. The van der Waals surface area contributed by atoms with E-state index in [-0.39, 0.29) is 52.3 Å². The Hall–Kier alpha value is -12.7. The van der Waals surface area contributed by atoms with Crippen molar-refractivity contribution >= 4 is 50.9 Å². The van der Waals surface area contributed by atoms with Gasteiger partial charge in [0.2, 0.25) is 0 Å². The third-order valence-electron chi connectivity index (χ3n) is 13.7. The summed E-state index contributed by atoms with van der Waals surface area (Å²) in [5, 5.41) is 44.6. The number of aryl methyl sites for hydroxylation is 5. The van der Waals surface area contributed by atoms with Crippen molar-refractivity contribution in [2.45, 2.75) is 72.0 Å². The molecule has 5 N–H and O–H groups in total.